The molecule has 168 valence electrons. The lowest BCUT2D eigenvalue weighted by Gasteiger charge is -2.12. The number of carbonyl (C=O) groups is 1. The van der Waals surface area contributed by atoms with Crippen LogP contribution in [0.2, 0.25) is 0 Å². The van der Waals surface area contributed by atoms with Gasteiger partial charge in [0.15, 0.2) is 0 Å². The van der Waals surface area contributed by atoms with Gasteiger partial charge in [0, 0.05) is 17.8 Å². The van der Waals surface area contributed by atoms with Crippen molar-refractivity contribution in [2.75, 3.05) is 20.8 Å². The first-order valence-electron chi connectivity index (χ1n) is 10.4. The molecule has 4 aromatic rings. The van der Waals surface area contributed by atoms with E-state index in [2.05, 4.69) is 16.5 Å². The predicted molar refractivity (Wildman–Crippen MR) is 125 cm³/mol. The van der Waals surface area contributed by atoms with Gasteiger partial charge in [-0.15, -0.1) is 11.3 Å². The highest BCUT2D eigenvalue weighted by Crippen LogP contribution is 2.28. The molecule has 1 amide bonds. The Balaban J connectivity index is 1.50. The van der Waals surface area contributed by atoms with E-state index in [0.717, 1.165) is 33.1 Å². The Morgan fingerprint density at radius 3 is 2.69 bits per heavy atom. The summed E-state index contributed by atoms with van der Waals surface area (Å²) in [6.07, 6.45) is 1.22. The van der Waals surface area contributed by atoms with Gasteiger partial charge in [-0.25, -0.2) is 4.68 Å². The molecule has 0 radical (unpaired) electrons. The average molecular weight is 455 g/mol. The van der Waals surface area contributed by atoms with Crippen LogP contribution >= 0.6 is 11.3 Å². The summed E-state index contributed by atoms with van der Waals surface area (Å²) in [6, 6.07) is 9.51. The normalized spacial score (nSPS) is 11.2. The number of thiophene rings is 1. The number of aryl methyl sites for hydroxylation is 2. The fourth-order valence-corrected chi connectivity index (χ4v) is 4.80. The molecule has 0 saturated carbocycles. The molecule has 0 fully saturated rings. The number of aromatic nitrogens is 3. The third kappa shape index (κ3) is 4.08. The van der Waals surface area contributed by atoms with Gasteiger partial charge in [0.05, 0.1) is 24.4 Å². The van der Waals surface area contributed by atoms with Crippen LogP contribution in [0.3, 0.4) is 0 Å². The van der Waals surface area contributed by atoms with Crippen LogP contribution < -0.4 is 20.3 Å². The number of ether oxygens (including phenoxy) is 2. The zero-order valence-corrected chi connectivity index (χ0v) is 19.4. The molecule has 0 spiro atoms. The molecule has 3 heterocycles. The summed E-state index contributed by atoms with van der Waals surface area (Å²) in [5.41, 5.74) is 2.20. The van der Waals surface area contributed by atoms with Crippen molar-refractivity contribution in [3.8, 4) is 11.5 Å². The van der Waals surface area contributed by atoms with E-state index in [1.807, 2.05) is 42.5 Å². The standard InChI is InChI=1S/C23H26N4O4S/c1-5-21-25-26(23(29)18-12-20-17(27(18)21)10-14(2)32-20)13-22(28)24-9-8-15-11-16(30-3)6-7-19(15)31-4/h6-7,10-12H,5,8-9,13H2,1-4H3,(H,24,28). The van der Waals surface area contributed by atoms with E-state index in [9.17, 15) is 9.59 Å². The van der Waals surface area contributed by atoms with Crippen molar-refractivity contribution in [1.82, 2.24) is 19.5 Å². The summed E-state index contributed by atoms with van der Waals surface area (Å²) >= 11 is 1.64. The lowest BCUT2D eigenvalue weighted by Crippen LogP contribution is -2.36. The van der Waals surface area contributed by atoms with E-state index in [-0.39, 0.29) is 18.0 Å². The number of carbonyl (C=O) groups excluding carboxylic acids is 1. The smallest absolute Gasteiger partial charge is 0.291 e. The largest absolute Gasteiger partial charge is 0.497 e. The Morgan fingerprint density at radius 2 is 1.97 bits per heavy atom. The molecular formula is C23H26N4O4S. The molecule has 0 bridgehead atoms. The van der Waals surface area contributed by atoms with Crippen molar-refractivity contribution in [3.05, 3.63) is 57.0 Å². The minimum absolute atomic E-state index is 0.130. The molecule has 9 heteroatoms. The molecule has 0 atom stereocenters. The van der Waals surface area contributed by atoms with Gasteiger partial charge in [0.1, 0.15) is 29.4 Å². The molecule has 0 aliphatic carbocycles. The first-order valence-corrected chi connectivity index (χ1v) is 11.3. The summed E-state index contributed by atoms with van der Waals surface area (Å²) < 4.78 is 14.9. The fraction of sp³-hybridized carbons (Fsp3) is 0.348. The lowest BCUT2D eigenvalue weighted by molar-refractivity contribution is -0.121. The quantitative estimate of drug-likeness (QED) is 0.442. The Labute approximate surface area is 189 Å². The molecular weight excluding hydrogens is 428 g/mol. The van der Waals surface area contributed by atoms with Gasteiger partial charge in [-0.3, -0.25) is 14.0 Å². The molecule has 1 aromatic carbocycles. The number of nitrogens with one attached hydrogen (secondary N) is 1. The van der Waals surface area contributed by atoms with Gasteiger partial charge in [-0.05, 0) is 49.2 Å². The minimum Gasteiger partial charge on any atom is -0.497 e. The summed E-state index contributed by atoms with van der Waals surface area (Å²) in [7, 11) is 3.21. The Hall–Kier alpha value is -3.33. The van der Waals surface area contributed by atoms with Crippen LogP contribution in [0.15, 0.2) is 35.1 Å². The van der Waals surface area contributed by atoms with Gasteiger partial charge < -0.3 is 14.8 Å². The van der Waals surface area contributed by atoms with E-state index in [0.29, 0.717) is 24.9 Å². The number of hydrogen-bond donors (Lipinski definition) is 1. The van der Waals surface area contributed by atoms with Gasteiger partial charge in [-0.2, -0.15) is 5.10 Å². The highest BCUT2D eigenvalue weighted by Gasteiger charge is 2.16. The SMILES string of the molecule is CCc1nn(CC(=O)NCCc2cc(OC)ccc2OC)c(=O)c2cc3sc(C)cc3n12. The van der Waals surface area contributed by atoms with Gasteiger partial charge in [0.25, 0.3) is 5.56 Å². The Morgan fingerprint density at radius 1 is 1.16 bits per heavy atom. The van der Waals surface area contributed by atoms with Crippen molar-refractivity contribution in [3.63, 3.8) is 0 Å². The Kier molecular flexibility index (Phi) is 6.18. The third-order valence-electron chi connectivity index (χ3n) is 5.37. The van der Waals surface area contributed by atoms with Crippen LogP contribution in [-0.4, -0.2) is 40.9 Å². The predicted octanol–water partition coefficient (Wildman–Crippen LogP) is 2.96. The van der Waals surface area contributed by atoms with Crippen molar-refractivity contribution < 1.29 is 14.3 Å². The molecule has 4 rings (SSSR count). The first-order chi connectivity index (χ1) is 15.4. The third-order valence-corrected chi connectivity index (χ3v) is 6.36. The number of nitrogens with zero attached hydrogens (tertiary/aromatic N) is 3. The number of fused-ring (bicyclic) bond motifs is 3. The summed E-state index contributed by atoms with van der Waals surface area (Å²) in [5, 5.41) is 7.35. The topological polar surface area (TPSA) is 86.9 Å². The van der Waals surface area contributed by atoms with Crippen molar-refractivity contribution in [2.45, 2.75) is 33.2 Å². The summed E-state index contributed by atoms with van der Waals surface area (Å²) in [4.78, 5) is 26.8. The van der Waals surface area contributed by atoms with Crippen molar-refractivity contribution in [2.24, 2.45) is 0 Å². The fourth-order valence-electron chi connectivity index (χ4n) is 3.85. The molecule has 3 aromatic heterocycles. The number of hydrogen-bond acceptors (Lipinski definition) is 6. The number of methoxy groups -OCH3 is 2. The highest BCUT2D eigenvalue weighted by molar-refractivity contribution is 7.19. The maximum Gasteiger partial charge on any atom is 0.291 e. The number of amides is 1. The van der Waals surface area contributed by atoms with E-state index in [1.54, 1.807) is 25.6 Å². The maximum absolute atomic E-state index is 13.0. The molecule has 1 N–H and O–H groups in total. The molecule has 8 nitrogen and oxygen atoms in total. The second-order valence-corrected chi connectivity index (χ2v) is 8.77. The molecule has 0 saturated heterocycles. The van der Waals surface area contributed by atoms with Crippen molar-refractivity contribution >= 4 is 33.0 Å². The zero-order chi connectivity index (χ0) is 22.8. The molecule has 0 aliphatic heterocycles. The number of benzene rings is 1. The summed E-state index contributed by atoms with van der Waals surface area (Å²) in [5.74, 6) is 1.95. The second kappa shape index (κ2) is 9.04. The highest BCUT2D eigenvalue weighted by atomic mass is 32.1. The van der Waals surface area contributed by atoms with E-state index in [4.69, 9.17) is 9.47 Å². The lowest BCUT2D eigenvalue weighted by atomic mass is 10.1. The molecule has 32 heavy (non-hydrogen) atoms. The van der Waals surface area contributed by atoms with Gasteiger partial charge in [0.2, 0.25) is 5.91 Å². The van der Waals surface area contributed by atoms with Crippen LogP contribution in [0.1, 0.15) is 23.2 Å². The van der Waals surface area contributed by atoms with E-state index in [1.165, 1.54) is 9.56 Å². The monoisotopic (exact) mass is 454 g/mol. The second-order valence-electron chi connectivity index (χ2n) is 7.48. The zero-order valence-electron chi connectivity index (χ0n) is 18.6. The van der Waals surface area contributed by atoms with Crippen molar-refractivity contribution in [1.29, 1.82) is 0 Å². The van der Waals surface area contributed by atoms with Gasteiger partial charge >= 0.3 is 0 Å². The maximum atomic E-state index is 13.0. The number of rotatable bonds is 8. The van der Waals surface area contributed by atoms with E-state index >= 15 is 0 Å². The van der Waals surface area contributed by atoms with Crippen LogP contribution in [-0.2, 0) is 24.2 Å². The van der Waals surface area contributed by atoms with E-state index < -0.39 is 0 Å². The van der Waals surface area contributed by atoms with Crippen LogP contribution in [0.5, 0.6) is 11.5 Å². The first kappa shape index (κ1) is 21.9. The van der Waals surface area contributed by atoms with Crippen LogP contribution in [0.4, 0.5) is 0 Å². The summed E-state index contributed by atoms with van der Waals surface area (Å²) in [6.45, 7) is 4.31. The molecule has 0 aliphatic rings. The van der Waals surface area contributed by atoms with Crippen LogP contribution in [0.25, 0.3) is 15.7 Å². The minimum atomic E-state index is -0.270. The van der Waals surface area contributed by atoms with Gasteiger partial charge in [-0.1, -0.05) is 6.92 Å². The Bertz CT molecular complexity index is 1350. The molecule has 0 unspecified atom stereocenters. The average Bonchev–Trinajstić information content (AvgIpc) is 3.32. The van der Waals surface area contributed by atoms with Crippen LogP contribution in [0, 0.1) is 6.92 Å².